The van der Waals surface area contributed by atoms with E-state index >= 15 is 0 Å². The van der Waals surface area contributed by atoms with Crippen molar-refractivity contribution in [3.63, 3.8) is 0 Å². The molecule has 2 aliphatic heterocycles. The van der Waals surface area contributed by atoms with Gasteiger partial charge in [-0.3, -0.25) is 14.4 Å². The second kappa shape index (κ2) is 11.5. The van der Waals surface area contributed by atoms with Gasteiger partial charge in [0.05, 0.1) is 41.2 Å². The minimum absolute atomic E-state index is 0.0764. The maximum Gasteiger partial charge on any atom is 0.262 e. The van der Waals surface area contributed by atoms with Crippen LogP contribution in [0.2, 0.25) is 5.02 Å². The molecule has 1 aliphatic carbocycles. The van der Waals surface area contributed by atoms with Gasteiger partial charge in [-0.15, -0.1) is 0 Å². The molecular formula is C28H37ClN6O2S. The smallest absolute Gasteiger partial charge is 0.262 e. The first kappa shape index (κ1) is 27.4. The van der Waals surface area contributed by atoms with Crippen molar-refractivity contribution in [2.45, 2.75) is 81.9 Å². The summed E-state index contributed by atoms with van der Waals surface area (Å²) in [6, 6.07) is 3.99. The molecule has 1 saturated carbocycles. The summed E-state index contributed by atoms with van der Waals surface area (Å²) in [5.41, 5.74) is 7.06. The van der Waals surface area contributed by atoms with Crippen LogP contribution in [0, 0.1) is 5.41 Å². The first-order chi connectivity index (χ1) is 18.3. The molecule has 1 aromatic heterocycles. The number of nitrogens with two attached hydrogens (primary N) is 1. The Morgan fingerprint density at radius 3 is 2.68 bits per heavy atom. The monoisotopic (exact) mass is 556 g/mol. The molecule has 2 N–H and O–H groups in total. The molecule has 1 aromatic carbocycles. The number of rotatable bonds is 5. The van der Waals surface area contributed by atoms with Gasteiger partial charge in [-0.1, -0.05) is 42.6 Å². The molecule has 38 heavy (non-hydrogen) atoms. The molecule has 2 aromatic rings. The molecule has 2 atom stereocenters. The lowest BCUT2D eigenvalue weighted by Gasteiger charge is -2.41. The van der Waals surface area contributed by atoms with E-state index < -0.39 is 0 Å². The molecule has 2 saturated heterocycles. The molecule has 8 nitrogen and oxygen atoms in total. The molecule has 0 radical (unpaired) electrons. The predicted molar refractivity (Wildman–Crippen MR) is 156 cm³/mol. The molecule has 0 unspecified atom stereocenters. The Balaban J connectivity index is 1.32. The molecule has 204 valence electrons. The predicted octanol–water partition coefficient (Wildman–Crippen LogP) is 5.39. The maximum atomic E-state index is 13.4. The Morgan fingerprint density at radius 1 is 1.29 bits per heavy atom. The molecule has 1 spiro atoms. The van der Waals surface area contributed by atoms with Crippen LogP contribution in [-0.4, -0.2) is 58.8 Å². The van der Waals surface area contributed by atoms with Crippen LogP contribution >= 0.6 is 23.4 Å². The quantitative estimate of drug-likeness (QED) is 0.301. The number of amidine groups is 1. The maximum absolute atomic E-state index is 13.4. The van der Waals surface area contributed by atoms with Crippen molar-refractivity contribution in [3.8, 4) is 0 Å². The summed E-state index contributed by atoms with van der Waals surface area (Å²) in [6.45, 7) is 10.3. The van der Waals surface area contributed by atoms with E-state index in [0.29, 0.717) is 21.0 Å². The fourth-order valence-electron chi connectivity index (χ4n) is 6.05. The first-order valence-electron chi connectivity index (χ1n) is 13.5. The van der Waals surface area contributed by atoms with E-state index in [1.54, 1.807) is 17.1 Å². The van der Waals surface area contributed by atoms with Crippen LogP contribution < -0.4 is 11.3 Å². The summed E-state index contributed by atoms with van der Waals surface area (Å²) >= 11 is 8.15. The fourth-order valence-corrected chi connectivity index (χ4v) is 7.13. The Labute approximate surface area is 233 Å². The fraction of sp³-hybridized carbons (Fsp3) is 0.571. The number of piperidine rings is 1. The highest BCUT2D eigenvalue weighted by Gasteiger charge is 2.47. The highest BCUT2D eigenvalue weighted by molar-refractivity contribution is 8.03. The van der Waals surface area contributed by atoms with Gasteiger partial charge in [0, 0.05) is 35.5 Å². The third-order valence-corrected chi connectivity index (χ3v) is 10.1. The number of benzene rings is 1. The van der Waals surface area contributed by atoms with Crippen molar-refractivity contribution in [1.29, 1.82) is 0 Å². The van der Waals surface area contributed by atoms with Crippen LogP contribution in [0.4, 0.5) is 0 Å². The Bertz CT molecular complexity index is 1310. The largest absolute Gasteiger partial charge is 0.376 e. The van der Waals surface area contributed by atoms with Crippen molar-refractivity contribution in [3.05, 3.63) is 45.1 Å². The number of fused-ring (bicyclic) bond motifs is 1. The molecule has 3 fully saturated rings. The van der Waals surface area contributed by atoms with Gasteiger partial charge in [-0.2, -0.15) is 0 Å². The van der Waals surface area contributed by atoms with Crippen LogP contribution in [0.25, 0.3) is 10.9 Å². The number of nitrogens with zero attached hydrogens (tertiary/aromatic N) is 5. The van der Waals surface area contributed by atoms with Gasteiger partial charge in [-0.05, 0) is 58.4 Å². The molecular weight excluding hydrogens is 520 g/mol. The van der Waals surface area contributed by atoms with Crippen molar-refractivity contribution >= 4 is 46.8 Å². The average molecular weight is 557 g/mol. The summed E-state index contributed by atoms with van der Waals surface area (Å²) in [4.78, 5) is 29.8. The zero-order valence-electron chi connectivity index (χ0n) is 22.2. The Morgan fingerprint density at radius 2 is 2.03 bits per heavy atom. The number of halogens is 1. The standard InChI is InChI=1S/C28H37ClN6O2S/c1-18-26(30)28(16-37-18)11-13-34(14-12-28)19(2)32-15-23(31-3)38-22-10-9-21-24(25(22)29)27(36)35(17-33-21)20-7-5-4-6-8-20/h9-10,15,17-18,20,26H,3-8,11-14,16,30H2,1-2H3/b23-15+,32-19?/t18-,26+/m0/s1. The average Bonchev–Trinajstić information content (AvgIpc) is 3.21. The van der Waals surface area contributed by atoms with Crippen LogP contribution in [0.3, 0.4) is 0 Å². The lowest BCUT2D eigenvalue weighted by atomic mass is 9.73. The summed E-state index contributed by atoms with van der Waals surface area (Å²) < 4.78 is 7.61. The van der Waals surface area contributed by atoms with Crippen molar-refractivity contribution in [2.24, 2.45) is 21.1 Å². The van der Waals surface area contributed by atoms with E-state index in [9.17, 15) is 4.79 Å². The minimum Gasteiger partial charge on any atom is -0.376 e. The lowest BCUT2D eigenvalue weighted by molar-refractivity contribution is 0.0838. The van der Waals surface area contributed by atoms with E-state index in [1.807, 2.05) is 19.1 Å². The van der Waals surface area contributed by atoms with E-state index in [2.05, 4.69) is 28.5 Å². The number of thioether (sulfide) groups is 1. The van der Waals surface area contributed by atoms with Crippen molar-refractivity contribution in [1.82, 2.24) is 14.5 Å². The molecule has 0 amide bonds. The van der Waals surface area contributed by atoms with E-state index in [-0.39, 0.29) is 29.2 Å². The SMILES string of the molecule is C=N/C(=C\N=C(C)N1CCC2(CC1)CO[C@@H](C)[C@H]2N)Sc1ccc2ncn(C3CCCCC3)c(=O)c2c1Cl. The van der Waals surface area contributed by atoms with Gasteiger partial charge < -0.3 is 15.4 Å². The van der Waals surface area contributed by atoms with Gasteiger partial charge in [0.2, 0.25) is 0 Å². The van der Waals surface area contributed by atoms with Crippen molar-refractivity contribution in [2.75, 3.05) is 19.7 Å². The number of hydrogen-bond donors (Lipinski definition) is 1. The second-order valence-electron chi connectivity index (χ2n) is 10.8. The van der Waals surface area contributed by atoms with Crippen molar-refractivity contribution < 1.29 is 4.74 Å². The van der Waals surface area contributed by atoms with Gasteiger partial charge >= 0.3 is 0 Å². The third-order valence-electron chi connectivity index (χ3n) is 8.62. The number of likely N-dealkylation sites (tertiary alicyclic amines) is 1. The van der Waals surface area contributed by atoms with E-state index in [1.165, 1.54) is 18.2 Å². The number of ether oxygens (including phenoxy) is 1. The van der Waals surface area contributed by atoms with E-state index in [4.69, 9.17) is 27.1 Å². The van der Waals surface area contributed by atoms with Gasteiger partial charge in [-0.25, -0.2) is 9.98 Å². The lowest BCUT2D eigenvalue weighted by Crippen LogP contribution is -2.51. The number of hydrogen-bond acceptors (Lipinski definition) is 7. The third kappa shape index (κ3) is 5.30. The van der Waals surface area contributed by atoms with Gasteiger partial charge in [0.25, 0.3) is 5.56 Å². The van der Waals surface area contributed by atoms with Crippen LogP contribution in [0.15, 0.2) is 49.4 Å². The highest BCUT2D eigenvalue weighted by Crippen LogP contribution is 2.41. The summed E-state index contributed by atoms with van der Waals surface area (Å²) in [6.07, 6.45) is 11.0. The van der Waals surface area contributed by atoms with Gasteiger partial charge in [0.1, 0.15) is 10.9 Å². The molecule has 3 aliphatic rings. The molecule has 10 heteroatoms. The highest BCUT2D eigenvalue weighted by atomic mass is 35.5. The molecule has 3 heterocycles. The topological polar surface area (TPSA) is 98.1 Å². The van der Waals surface area contributed by atoms with E-state index in [0.717, 1.165) is 69.0 Å². The normalized spacial score (nSPS) is 24.9. The zero-order chi connectivity index (χ0) is 26.9. The first-order valence-corrected chi connectivity index (χ1v) is 14.7. The summed E-state index contributed by atoms with van der Waals surface area (Å²) in [7, 11) is 0. The molecule has 0 bridgehead atoms. The van der Waals surface area contributed by atoms with Gasteiger partial charge in [0.15, 0.2) is 0 Å². The zero-order valence-corrected chi connectivity index (χ0v) is 23.8. The number of aliphatic imine (C=N–C) groups is 2. The summed E-state index contributed by atoms with van der Waals surface area (Å²) in [5, 5.41) is 1.46. The summed E-state index contributed by atoms with van der Waals surface area (Å²) in [5.74, 6) is 0.923. The molecule has 5 rings (SSSR count). The second-order valence-corrected chi connectivity index (χ2v) is 12.3. The van der Waals surface area contributed by atoms with Crippen LogP contribution in [-0.2, 0) is 4.74 Å². The minimum atomic E-state index is -0.0787. The Hall–Kier alpha value is -2.20. The Kier molecular flexibility index (Phi) is 8.28. The van der Waals surface area contributed by atoms with Crippen LogP contribution in [0.5, 0.6) is 0 Å². The van der Waals surface area contributed by atoms with Crippen LogP contribution in [0.1, 0.15) is 64.8 Å². The number of aromatic nitrogens is 2.